The van der Waals surface area contributed by atoms with E-state index < -0.39 is 16.5 Å². The molecule has 0 aromatic heterocycles. The molecule has 0 saturated carbocycles. The Morgan fingerprint density at radius 1 is 1.45 bits per heavy atom. The van der Waals surface area contributed by atoms with Crippen LogP contribution < -0.4 is 5.73 Å². The van der Waals surface area contributed by atoms with E-state index in [-0.39, 0.29) is 12.3 Å². The van der Waals surface area contributed by atoms with Crippen LogP contribution in [0.5, 0.6) is 0 Å². The van der Waals surface area contributed by atoms with Crippen molar-refractivity contribution >= 4 is 33.7 Å². The fourth-order valence-corrected chi connectivity index (χ4v) is 1.06. The number of halogens is 2. The quantitative estimate of drug-likeness (QED) is 0.681. The molecular formula is C6H9Cl2NO2. The number of rotatable bonds is 4. The summed E-state index contributed by atoms with van der Waals surface area (Å²) in [7, 11) is 0. The van der Waals surface area contributed by atoms with Crippen molar-refractivity contribution in [3.05, 3.63) is 0 Å². The summed E-state index contributed by atoms with van der Waals surface area (Å²) in [4.78, 5) is 20.8. The van der Waals surface area contributed by atoms with Crippen LogP contribution in [0.4, 0.5) is 0 Å². The first-order valence-electron chi connectivity index (χ1n) is 3.08. The maximum Gasteiger partial charge on any atom is 0.238 e. The molecule has 2 atom stereocenters. The van der Waals surface area contributed by atoms with Crippen molar-refractivity contribution in [2.24, 2.45) is 11.7 Å². The lowest BCUT2D eigenvalue weighted by Crippen LogP contribution is -2.34. The van der Waals surface area contributed by atoms with E-state index in [0.29, 0.717) is 0 Å². The molecule has 0 bridgehead atoms. The van der Waals surface area contributed by atoms with Crippen molar-refractivity contribution in [2.75, 3.05) is 0 Å². The number of hydrogen-bond donors (Lipinski definition) is 1. The Labute approximate surface area is 74.8 Å². The normalized spacial score (nSPS) is 15.6. The second kappa shape index (κ2) is 4.70. The zero-order chi connectivity index (χ0) is 9.02. The van der Waals surface area contributed by atoms with Gasteiger partial charge in [-0.05, 0) is 29.1 Å². The Bertz CT molecular complexity index is 172. The van der Waals surface area contributed by atoms with E-state index in [1.54, 1.807) is 6.92 Å². The highest BCUT2D eigenvalue weighted by Gasteiger charge is 2.20. The topological polar surface area (TPSA) is 60.2 Å². The third kappa shape index (κ3) is 4.35. The Kier molecular flexibility index (Phi) is 4.65. The van der Waals surface area contributed by atoms with Crippen LogP contribution in [0.2, 0.25) is 0 Å². The van der Waals surface area contributed by atoms with Gasteiger partial charge in [0.1, 0.15) is 0 Å². The molecule has 0 amide bonds. The molecule has 0 fully saturated rings. The molecular weight excluding hydrogens is 189 g/mol. The van der Waals surface area contributed by atoms with Crippen LogP contribution >= 0.6 is 23.2 Å². The minimum absolute atomic E-state index is 0.0706. The summed E-state index contributed by atoms with van der Waals surface area (Å²) < 4.78 is 0. The highest BCUT2D eigenvalue weighted by Crippen LogP contribution is 2.10. The average Bonchev–Trinajstić information content (AvgIpc) is 1.84. The maximum atomic E-state index is 10.5. The highest BCUT2D eigenvalue weighted by atomic mass is 35.5. The Morgan fingerprint density at radius 2 is 1.91 bits per heavy atom. The molecule has 0 heterocycles. The van der Waals surface area contributed by atoms with Crippen LogP contribution in [0.15, 0.2) is 0 Å². The van der Waals surface area contributed by atoms with Gasteiger partial charge in [-0.15, -0.1) is 0 Å². The number of carbonyl (C=O) groups excluding carboxylic acids is 2. The minimum Gasteiger partial charge on any atom is -0.320 e. The van der Waals surface area contributed by atoms with E-state index in [2.05, 4.69) is 0 Å². The fourth-order valence-electron chi connectivity index (χ4n) is 0.604. The summed E-state index contributed by atoms with van der Waals surface area (Å²) in [5, 5.41) is -1.15. The van der Waals surface area contributed by atoms with E-state index in [0.717, 1.165) is 0 Å². The van der Waals surface area contributed by atoms with Crippen molar-refractivity contribution in [1.29, 1.82) is 0 Å². The second-order valence-electron chi connectivity index (χ2n) is 2.37. The van der Waals surface area contributed by atoms with Crippen molar-refractivity contribution in [1.82, 2.24) is 0 Å². The molecule has 0 radical (unpaired) electrons. The van der Waals surface area contributed by atoms with Crippen LogP contribution in [-0.4, -0.2) is 16.5 Å². The van der Waals surface area contributed by atoms with E-state index in [4.69, 9.17) is 28.9 Å². The molecule has 0 aromatic rings. The minimum atomic E-state index is -0.806. The Balaban J connectivity index is 3.92. The van der Waals surface area contributed by atoms with Gasteiger partial charge in [0.05, 0.1) is 6.04 Å². The van der Waals surface area contributed by atoms with E-state index in [9.17, 15) is 9.59 Å². The largest absolute Gasteiger partial charge is 0.320 e. The monoisotopic (exact) mass is 197 g/mol. The lowest BCUT2D eigenvalue weighted by Gasteiger charge is -2.12. The van der Waals surface area contributed by atoms with Gasteiger partial charge in [-0.3, -0.25) is 9.59 Å². The fraction of sp³-hybridized carbons (Fsp3) is 0.667. The Morgan fingerprint density at radius 3 is 2.18 bits per heavy atom. The van der Waals surface area contributed by atoms with Crippen LogP contribution in [0.3, 0.4) is 0 Å². The van der Waals surface area contributed by atoms with Crippen LogP contribution in [0, 0.1) is 5.92 Å². The summed E-state index contributed by atoms with van der Waals surface area (Å²) >= 11 is 10.2. The summed E-state index contributed by atoms with van der Waals surface area (Å²) in [6.45, 7) is 1.64. The maximum absolute atomic E-state index is 10.5. The molecule has 2 unspecified atom stereocenters. The first-order valence-corrected chi connectivity index (χ1v) is 3.84. The predicted octanol–water partition coefficient (Wildman–Crippen LogP) is 0.871. The smallest absolute Gasteiger partial charge is 0.238 e. The molecule has 3 nitrogen and oxygen atoms in total. The van der Waals surface area contributed by atoms with Crippen molar-refractivity contribution in [3.63, 3.8) is 0 Å². The van der Waals surface area contributed by atoms with Gasteiger partial charge in [-0.25, -0.2) is 0 Å². The SMILES string of the molecule is CC(CC(=O)Cl)C(N)C(=O)Cl. The van der Waals surface area contributed by atoms with Gasteiger partial charge >= 0.3 is 0 Å². The molecule has 0 aromatic carbocycles. The summed E-state index contributed by atoms with van der Waals surface area (Å²) in [6, 6.07) is -0.806. The van der Waals surface area contributed by atoms with Crippen LogP contribution in [0.25, 0.3) is 0 Å². The van der Waals surface area contributed by atoms with Crippen LogP contribution in [0.1, 0.15) is 13.3 Å². The van der Waals surface area contributed by atoms with Gasteiger partial charge < -0.3 is 5.73 Å². The molecule has 0 saturated heterocycles. The van der Waals surface area contributed by atoms with Gasteiger partial charge in [-0.2, -0.15) is 0 Å². The standard InChI is InChI=1S/C6H9Cl2NO2/c1-3(2-4(7)10)5(9)6(8)11/h3,5H,2,9H2,1H3. The van der Waals surface area contributed by atoms with E-state index in [1.165, 1.54) is 0 Å². The molecule has 0 aliphatic carbocycles. The lowest BCUT2D eigenvalue weighted by molar-refractivity contribution is -0.115. The number of hydrogen-bond acceptors (Lipinski definition) is 3. The zero-order valence-electron chi connectivity index (χ0n) is 6.01. The lowest BCUT2D eigenvalue weighted by atomic mass is 10.0. The van der Waals surface area contributed by atoms with Gasteiger partial charge in [0, 0.05) is 6.42 Å². The molecule has 0 aliphatic rings. The predicted molar refractivity (Wildman–Crippen MR) is 43.5 cm³/mol. The first-order chi connectivity index (χ1) is 4.95. The third-order valence-electron chi connectivity index (χ3n) is 1.36. The van der Waals surface area contributed by atoms with Crippen molar-refractivity contribution in [2.45, 2.75) is 19.4 Å². The molecule has 2 N–H and O–H groups in total. The van der Waals surface area contributed by atoms with Crippen molar-refractivity contribution < 1.29 is 9.59 Å². The zero-order valence-corrected chi connectivity index (χ0v) is 7.52. The van der Waals surface area contributed by atoms with E-state index >= 15 is 0 Å². The molecule has 5 heteroatoms. The third-order valence-corrected chi connectivity index (χ3v) is 1.76. The summed E-state index contributed by atoms with van der Waals surface area (Å²) in [5.74, 6) is -0.301. The molecule has 11 heavy (non-hydrogen) atoms. The molecule has 0 spiro atoms. The number of nitrogens with two attached hydrogens (primary N) is 1. The van der Waals surface area contributed by atoms with Gasteiger partial charge in [0.2, 0.25) is 10.5 Å². The number of carbonyl (C=O) groups is 2. The van der Waals surface area contributed by atoms with Gasteiger partial charge in [0.25, 0.3) is 0 Å². The average molecular weight is 198 g/mol. The second-order valence-corrected chi connectivity index (χ2v) is 3.16. The van der Waals surface area contributed by atoms with Crippen LogP contribution in [-0.2, 0) is 9.59 Å². The highest BCUT2D eigenvalue weighted by molar-refractivity contribution is 6.65. The molecule has 0 aliphatic heterocycles. The van der Waals surface area contributed by atoms with Gasteiger partial charge in [0.15, 0.2) is 0 Å². The van der Waals surface area contributed by atoms with Crippen molar-refractivity contribution in [3.8, 4) is 0 Å². The first kappa shape index (κ1) is 10.9. The summed E-state index contributed by atoms with van der Waals surface area (Å²) in [6.07, 6.45) is 0.0706. The van der Waals surface area contributed by atoms with Gasteiger partial charge in [-0.1, -0.05) is 6.92 Å². The Hall–Kier alpha value is -0.120. The molecule has 0 rings (SSSR count). The molecule has 64 valence electrons. The van der Waals surface area contributed by atoms with E-state index in [1.807, 2.05) is 0 Å². The summed E-state index contributed by atoms with van der Waals surface area (Å²) in [5.41, 5.74) is 5.32.